The summed E-state index contributed by atoms with van der Waals surface area (Å²) in [6.07, 6.45) is 2.90. The summed E-state index contributed by atoms with van der Waals surface area (Å²) in [6.45, 7) is 5.65. The first kappa shape index (κ1) is 20.0. The average Bonchev–Trinajstić information content (AvgIpc) is 3.12. The van der Waals surface area contributed by atoms with Crippen LogP contribution < -0.4 is 10.0 Å². The fourth-order valence-electron chi connectivity index (χ4n) is 2.25. The van der Waals surface area contributed by atoms with Crippen molar-refractivity contribution in [2.45, 2.75) is 44.9 Å². The van der Waals surface area contributed by atoms with Gasteiger partial charge < -0.3 is 5.32 Å². The molecule has 1 aromatic carbocycles. The van der Waals surface area contributed by atoms with Gasteiger partial charge in [0.25, 0.3) is 0 Å². The number of nitrogens with one attached hydrogen (secondary N) is 2. The van der Waals surface area contributed by atoms with Crippen molar-refractivity contribution < 1.29 is 8.42 Å². The van der Waals surface area contributed by atoms with Crippen LogP contribution in [0.5, 0.6) is 0 Å². The van der Waals surface area contributed by atoms with E-state index >= 15 is 0 Å². The summed E-state index contributed by atoms with van der Waals surface area (Å²) in [6, 6.07) is 8.33. The van der Waals surface area contributed by atoms with Crippen LogP contribution in [0.15, 0.2) is 29.6 Å². The SMILES string of the molecule is CC(C)S(=O)(=O)NCCCCCNCc1ccc(-c2csnn2)cc1. The van der Waals surface area contributed by atoms with Crippen LogP contribution in [0, 0.1) is 0 Å². The molecule has 0 saturated heterocycles. The Bertz CT molecular complexity index is 714. The minimum absolute atomic E-state index is 0.368. The van der Waals surface area contributed by atoms with Crippen molar-refractivity contribution in [2.24, 2.45) is 0 Å². The highest BCUT2D eigenvalue weighted by atomic mass is 32.2. The topological polar surface area (TPSA) is 84.0 Å². The molecule has 0 aliphatic rings. The number of sulfonamides is 1. The highest BCUT2D eigenvalue weighted by Gasteiger charge is 2.13. The normalized spacial score (nSPS) is 12.0. The minimum atomic E-state index is -3.12. The molecular formula is C17H26N4O2S2. The van der Waals surface area contributed by atoms with Gasteiger partial charge in [0.05, 0.1) is 5.25 Å². The van der Waals surface area contributed by atoms with E-state index in [0.29, 0.717) is 6.54 Å². The van der Waals surface area contributed by atoms with Gasteiger partial charge in [0, 0.05) is 24.0 Å². The number of hydrogen-bond donors (Lipinski definition) is 2. The van der Waals surface area contributed by atoms with E-state index in [2.05, 4.69) is 43.9 Å². The first-order valence-corrected chi connectivity index (χ1v) is 10.9. The Kier molecular flexibility index (Phi) is 7.95. The van der Waals surface area contributed by atoms with Crippen LogP contribution >= 0.6 is 11.5 Å². The Morgan fingerprint density at radius 2 is 1.80 bits per heavy atom. The van der Waals surface area contributed by atoms with E-state index in [4.69, 9.17) is 0 Å². The van der Waals surface area contributed by atoms with Crippen LogP contribution in [0.2, 0.25) is 0 Å². The van der Waals surface area contributed by atoms with Gasteiger partial charge in [-0.05, 0) is 50.3 Å². The number of aromatic nitrogens is 2. The lowest BCUT2D eigenvalue weighted by Crippen LogP contribution is -2.31. The highest BCUT2D eigenvalue weighted by molar-refractivity contribution is 7.90. The third-order valence-electron chi connectivity index (χ3n) is 3.89. The van der Waals surface area contributed by atoms with E-state index in [9.17, 15) is 8.42 Å². The third-order valence-corrected chi connectivity index (χ3v) is 6.25. The van der Waals surface area contributed by atoms with Gasteiger partial charge in [0.15, 0.2) is 0 Å². The van der Waals surface area contributed by atoms with Crippen molar-refractivity contribution in [1.82, 2.24) is 19.6 Å². The summed E-state index contributed by atoms with van der Waals surface area (Å²) in [5.74, 6) is 0. The molecule has 0 atom stereocenters. The van der Waals surface area contributed by atoms with Crippen LogP contribution in [0.25, 0.3) is 11.3 Å². The van der Waals surface area contributed by atoms with E-state index in [1.165, 1.54) is 17.1 Å². The smallest absolute Gasteiger partial charge is 0.213 e. The van der Waals surface area contributed by atoms with Crippen LogP contribution in [0.4, 0.5) is 0 Å². The second-order valence-corrected chi connectivity index (χ2v) is 9.14. The Hall–Kier alpha value is -1.35. The molecule has 0 aliphatic carbocycles. The fraction of sp³-hybridized carbons (Fsp3) is 0.529. The predicted molar refractivity (Wildman–Crippen MR) is 103 cm³/mol. The number of unbranched alkanes of at least 4 members (excludes halogenated alkanes) is 2. The van der Waals surface area contributed by atoms with Crippen molar-refractivity contribution in [3.8, 4) is 11.3 Å². The maximum absolute atomic E-state index is 11.6. The van der Waals surface area contributed by atoms with Gasteiger partial charge in [-0.15, -0.1) is 5.10 Å². The summed E-state index contributed by atoms with van der Waals surface area (Å²) in [5.41, 5.74) is 3.23. The van der Waals surface area contributed by atoms with Gasteiger partial charge in [-0.3, -0.25) is 0 Å². The molecule has 0 spiro atoms. The fourth-order valence-corrected chi connectivity index (χ4v) is 3.48. The Morgan fingerprint density at radius 3 is 2.44 bits per heavy atom. The molecule has 0 aliphatic heterocycles. The number of benzene rings is 1. The first-order chi connectivity index (χ1) is 12.0. The van der Waals surface area contributed by atoms with Crippen LogP contribution in [-0.4, -0.2) is 36.3 Å². The molecule has 6 nitrogen and oxygen atoms in total. The lowest BCUT2D eigenvalue weighted by atomic mass is 10.1. The zero-order chi connectivity index (χ0) is 18.1. The monoisotopic (exact) mass is 382 g/mol. The van der Waals surface area contributed by atoms with Gasteiger partial charge >= 0.3 is 0 Å². The van der Waals surface area contributed by atoms with Crippen LogP contribution in [0.1, 0.15) is 38.7 Å². The van der Waals surface area contributed by atoms with Gasteiger partial charge in [-0.25, -0.2) is 13.1 Å². The molecule has 0 bridgehead atoms. The molecule has 1 heterocycles. The molecule has 8 heteroatoms. The van der Waals surface area contributed by atoms with Crippen LogP contribution in [0.3, 0.4) is 0 Å². The standard InChI is InChI=1S/C17H26N4O2S2/c1-14(2)25(22,23)19-11-5-3-4-10-18-12-15-6-8-16(9-7-15)17-13-24-21-20-17/h6-9,13-14,18-19H,3-5,10-12H2,1-2H3. The lowest BCUT2D eigenvalue weighted by molar-refractivity contribution is 0.560. The number of rotatable bonds is 11. The molecule has 2 rings (SSSR count). The highest BCUT2D eigenvalue weighted by Crippen LogP contribution is 2.18. The summed E-state index contributed by atoms with van der Waals surface area (Å²) < 4.78 is 29.7. The second kappa shape index (κ2) is 9.96. The van der Waals surface area contributed by atoms with E-state index < -0.39 is 10.0 Å². The molecule has 2 aromatic rings. The molecule has 0 saturated carbocycles. The molecule has 2 N–H and O–H groups in total. The Labute approximate surface area is 154 Å². The quantitative estimate of drug-likeness (QED) is 0.584. The maximum atomic E-state index is 11.6. The zero-order valence-corrected chi connectivity index (χ0v) is 16.4. The zero-order valence-electron chi connectivity index (χ0n) is 14.7. The Morgan fingerprint density at radius 1 is 1.08 bits per heavy atom. The Balaban J connectivity index is 1.56. The predicted octanol–water partition coefficient (Wildman–Crippen LogP) is 2.79. The number of nitrogens with zero attached hydrogens (tertiary/aromatic N) is 2. The summed E-state index contributed by atoms with van der Waals surface area (Å²) >= 11 is 1.35. The average molecular weight is 383 g/mol. The second-order valence-electron chi connectivity index (χ2n) is 6.21. The van der Waals surface area contributed by atoms with Gasteiger partial charge in [-0.1, -0.05) is 35.2 Å². The van der Waals surface area contributed by atoms with E-state index in [0.717, 1.165) is 43.6 Å². The molecular weight excluding hydrogens is 356 g/mol. The molecule has 1 aromatic heterocycles. The molecule has 0 unspecified atom stereocenters. The summed E-state index contributed by atoms with van der Waals surface area (Å²) in [7, 11) is -3.12. The molecule has 25 heavy (non-hydrogen) atoms. The van der Waals surface area contributed by atoms with Gasteiger partial charge in [0.1, 0.15) is 5.69 Å². The number of hydrogen-bond acceptors (Lipinski definition) is 6. The van der Waals surface area contributed by atoms with Crippen molar-refractivity contribution >= 4 is 21.6 Å². The van der Waals surface area contributed by atoms with E-state index in [1.807, 2.05) is 5.38 Å². The molecule has 0 radical (unpaired) electrons. The van der Waals surface area contributed by atoms with Crippen molar-refractivity contribution in [2.75, 3.05) is 13.1 Å². The van der Waals surface area contributed by atoms with Gasteiger partial charge in [0.2, 0.25) is 10.0 Å². The summed E-state index contributed by atoms with van der Waals surface area (Å²) in [4.78, 5) is 0. The van der Waals surface area contributed by atoms with Crippen LogP contribution in [-0.2, 0) is 16.6 Å². The van der Waals surface area contributed by atoms with Crippen molar-refractivity contribution in [1.29, 1.82) is 0 Å². The molecule has 0 fully saturated rings. The largest absolute Gasteiger partial charge is 0.313 e. The lowest BCUT2D eigenvalue weighted by Gasteiger charge is -2.09. The summed E-state index contributed by atoms with van der Waals surface area (Å²) in [5, 5.41) is 9.05. The van der Waals surface area contributed by atoms with Gasteiger partial charge in [-0.2, -0.15) is 0 Å². The third kappa shape index (κ3) is 6.81. The molecule has 138 valence electrons. The first-order valence-electron chi connectivity index (χ1n) is 8.54. The van der Waals surface area contributed by atoms with E-state index in [1.54, 1.807) is 13.8 Å². The molecule has 0 amide bonds. The van der Waals surface area contributed by atoms with E-state index in [-0.39, 0.29) is 5.25 Å². The van der Waals surface area contributed by atoms with Crippen molar-refractivity contribution in [3.63, 3.8) is 0 Å². The maximum Gasteiger partial charge on any atom is 0.213 e. The van der Waals surface area contributed by atoms with Crippen molar-refractivity contribution in [3.05, 3.63) is 35.2 Å². The minimum Gasteiger partial charge on any atom is -0.313 e.